The number of benzene rings is 2. The first-order valence-electron chi connectivity index (χ1n) is 6.31. The van der Waals surface area contributed by atoms with Crippen LogP contribution in [0.15, 0.2) is 64.0 Å². The van der Waals surface area contributed by atoms with Crippen molar-refractivity contribution in [3.8, 4) is 0 Å². The van der Waals surface area contributed by atoms with Crippen LogP contribution < -0.4 is 10.9 Å². The lowest BCUT2D eigenvalue weighted by Crippen LogP contribution is -2.14. The van der Waals surface area contributed by atoms with Gasteiger partial charge >= 0.3 is 0 Å². The predicted octanol–water partition coefficient (Wildman–Crippen LogP) is 3.54. The number of pyridine rings is 1. The lowest BCUT2D eigenvalue weighted by molar-refractivity contribution is 0.102. The van der Waals surface area contributed by atoms with Gasteiger partial charge in [0.25, 0.3) is 5.91 Å². The highest BCUT2D eigenvalue weighted by Crippen LogP contribution is 2.23. The number of hydrogen-bond acceptors (Lipinski definition) is 2. The number of amides is 1. The molecule has 1 amide bonds. The maximum absolute atomic E-state index is 12.1. The van der Waals surface area contributed by atoms with E-state index in [1.807, 2.05) is 36.4 Å². The van der Waals surface area contributed by atoms with Gasteiger partial charge in [0.05, 0.1) is 5.56 Å². The second kappa shape index (κ2) is 5.54. The molecule has 2 N–H and O–H groups in total. The number of aromatic nitrogens is 1. The maximum atomic E-state index is 12.1. The average Bonchev–Trinajstić information content (AvgIpc) is 2.48. The fourth-order valence-corrected chi connectivity index (χ4v) is 2.43. The second-order valence-electron chi connectivity index (χ2n) is 4.60. The summed E-state index contributed by atoms with van der Waals surface area (Å²) < 4.78 is 1.01. The van der Waals surface area contributed by atoms with Gasteiger partial charge in [0.2, 0.25) is 5.56 Å². The number of carbonyl (C=O) groups excluding carboxylic acids is 1. The van der Waals surface area contributed by atoms with Crippen LogP contribution >= 0.6 is 15.9 Å². The van der Waals surface area contributed by atoms with Crippen molar-refractivity contribution in [1.29, 1.82) is 0 Å². The molecule has 0 aliphatic heterocycles. The molecule has 5 heteroatoms. The molecule has 0 atom stereocenters. The zero-order chi connectivity index (χ0) is 14.8. The van der Waals surface area contributed by atoms with Crippen LogP contribution in [-0.4, -0.2) is 10.9 Å². The van der Waals surface area contributed by atoms with E-state index in [1.54, 1.807) is 0 Å². The number of fused-ring (bicyclic) bond motifs is 1. The predicted molar refractivity (Wildman–Crippen MR) is 86.7 cm³/mol. The Bertz CT molecular complexity index is 866. The topological polar surface area (TPSA) is 62.0 Å². The van der Waals surface area contributed by atoms with Crippen LogP contribution in [0.2, 0.25) is 0 Å². The molecule has 3 aromatic rings. The molecule has 0 aliphatic carbocycles. The van der Waals surface area contributed by atoms with E-state index in [9.17, 15) is 9.59 Å². The SMILES string of the molecule is O=C(Nc1ccc2cc(Br)ccc2c1)c1ccc(=O)[nH]c1. The average molecular weight is 343 g/mol. The van der Waals surface area contributed by atoms with Crippen LogP contribution in [0.4, 0.5) is 5.69 Å². The van der Waals surface area contributed by atoms with Crippen LogP contribution in [-0.2, 0) is 0 Å². The monoisotopic (exact) mass is 342 g/mol. The minimum atomic E-state index is -0.261. The molecule has 2 aromatic carbocycles. The minimum absolute atomic E-state index is 0.233. The van der Waals surface area contributed by atoms with Crippen LogP contribution in [0.5, 0.6) is 0 Å². The first-order chi connectivity index (χ1) is 10.1. The molecule has 0 fully saturated rings. The van der Waals surface area contributed by atoms with E-state index >= 15 is 0 Å². The van der Waals surface area contributed by atoms with Crippen molar-refractivity contribution >= 4 is 38.3 Å². The Kier molecular flexibility index (Phi) is 3.58. The van der Waals surface area contributed by atoms with Crippen molar-refractivity contribution in [2.45, 2.75) is 0 Å². The summed E-state index contributed by atoms with van der Waals surface area (Å²) in [5.41, 5.74) is 0.884. The van der Waals surface area contributed by atoms with E-state index in [0.29, 0.717) is 11.3 Å². The molecule has 3 rings (SSSR count). The van der Waals surface area contributed by atoms with E-state index in [0.717, 1.165) is 15.2 Å². The Morgan fingerprint density at radius 1 is 1.00 bits per heavy atom. The molecule has 0 saturated carbocycles. The quantitative estimate of drug-likeness (QED) is 0.748. The van der Waals surface area contributed by atoms with Gasteiger partial charge in [-0.25, -0.2) is 0 Å². The van der Waals surface area contributed by atoms with Gasteiger partial charge in [-0.3, -0.25) is 9.59 Å². The molecule has 21 heavy (non-hydrogen) atoms. The normalized spacial score (nSPS) is 10.5. The Morgan fingerprint density at radius 3 is 2.52 bits per heavy atom. The number of nitrogens with one attached hydrogen (secondary N) is 2. The summed E-state index contributed by atoms with van der Waals surface area (Å²) in [5, 5.41) is 4.94. The highest BCUT2D eigenvalue weighted by atomic mass is 79.9. The summed E-state index contributed by atoms with van der Waals surface area (Å²) in [7, 11) is 0. The van der Waals surface area contributed by atoms with Crippen LogP contribution in [0, 0.1) is 0 Å². The molecule has 0 saturated heterocycles. The Hall–Kier alpha value is -2.40. The van der Waals surface area contributed by atoms with E-state index in [-0.39, 0.29) is 11.5 Å². The third-order valence-corrected chi connectivity index (χ3v) is 3.60. The summed E-state index contributed by atoms with van der Waals surface area (Å²) in [6.45, 7) is 0. The number of H-pyrrole nitrogens is 1. The summed E-state index contributed by atoms with van der Waals surface area (Å²) in [4.78, 5) is 25.5. The van der Waals surface area contributed by atoms with E-state index in [1.165, 1.54) is 18.3 Å². The zero-order valence-electron chi connectivity index (χ0n) is 10.9. The second-order valence-corrected chi connectivity index (χ2v) is 5.52. The van der Waals surface area contributed by atoms with Crippen LogP contribution in [0.1, 0.15) is 10.4 Å². The fourth-order valence-electron chi connectivity index (χ4n) is 2.05. The zero-order valence-corrected chi connectivity index (χ0v) is 12.5. The van der Waals surface area contributed by atoms with E-state index in [2.05, 4.69) is 26.2 Å². The largest absolute Gasteiger partial charge is 0.328 e. The number of carbonyl (C=O) groups is 1. The van der Waals surface area contributed by atoms with Crippen molar-refractivity contribution in [2.75, 3.05) is 5.32 Å². The van der Waals surface area contributed by atoms with Crippen molar-refractivity contribution in [2.24, 2.45) is 0 Å². The first-order valence-corrected chi connectivity index (χ1v) is 7.10. The smallest absolute Gasteiger partial charge is 0.257 e. The van der Waals surface area contributed by atoms with Gasteiger partial charge < -0.3 is 10.3 Å². The molecule has 1 heterocycles. The number of anilines is 1. The van der Waals surface area contributed by atoms with E-state index < -0.39 is 0 Å². The highest BCUT2D eigenvalue weighted by Gasteiger charge is 2.06. The standard InChI is InChI=1S/C16H11BrN2O2/c17-13-4-1-11-8-14(5-2-10(11)7-13)19-16(21)12-3-6-15(20)18-9-12/h1-9H,(H,18,20)(H,19,21). The van der Waals surface area contributed by atoms with Crippen molar-refractivity contribution in [3.05, 3.63) is 75.1 Å². The third-order valence-electron chi connectivity index (χ3n) is 3.11. The molecule has 104 valence electrons. The Morgan fingerprint density at radius 2 is 1.76 bits per heavy atom. The molecule has 0 bridgehead atoms. The van der Waals surface area contributed by atoms with Gasteiger partial charge in [0, 0.05) is 22.4 Å². The molecule has 0 radical (unpaired) electrons. The number of aromatic amines is 1. The fraction of sp³-hybridized carbons (Fsp3) is 0. The third kappa shape index (κ3) is 3.03. The van der Waals surface area contributed by atoms with Gasteiger partial charge in [0.15, 0.2) is 0 Å². The van der Waals surface area contributed by atoms with Gasteiger partial charge in [-0.2, -0.15) is 0 Å². The summed E-state index contributed by atoms with van der Waals surface area (Å²) in [5.74, 6) is -0.261. The lowest BCUT2D eigenvalue weighted by atomic mass is 10.1. The maximum Gasteiger partial charge on any atom is 0.257 e. The summed E-state index contributed by atoms with van der Waals surface area (Å²) in [6.07, 6.45) is 1.40. The molecular formula is C16H11BrN2O2. The Balaban J connectivity index is 1.87. The number of rotatable bonds is 2. The van der Waals surface area contributed by atoms with Gasteiger partial charge in [-0.15, -0.1) is 0 Å². The number of hydrogen-bond donors (Lipinski definition) is 2. The highest BCUT2D eigenvalue weighted by molar-refractivity contribution is 9.10. The van der Waals surface area contributed by atoms with Crippen molar-refractivity contribution in [3.63, 3.8) is 0 Å². The minimum Gasteiger partial charge on any atom is -0.328 e. The van der Waals surface area contributed by atoms with Crippen molar-refractivity contribution in [1.82, 2.24) is 4.98 Å². The molecule has 0 unspecified atom stereocenters. The number of halogens is 1. The van der Waals surface area contributed by atoms with Gasteiger partial charge in [-0.1, -0.05) is 28.1 Å². The van der Waals surface area contributed by atoms with Crippen LogP contribution in [0.3, 0.4) is 0 Å². The molecule has 0 spiro atoms. The van der Waals surface area contributed by atoms with E-state index in [4.69, 9.17) is 0 Å². The Labute approximate surface area is 128 Å². The molecular weight excluding hydrogens is 332 g/mol. The first kappa shape index (κ1) is 13.6. The molecule has 0 aliphatic rings. The lowest BCUT2D eigenvalue weighted by Gasteiger charge is -2.07. The van der Waals surface area contributed by atoms with Crippen molar-refractivity contribution < 1.29 is 4.79 Å². The molecule has 1 aromatic heterocycles. The summed E-state index contributed by atoms with van der Waals surface area (Å²) >= 11 is 3.43. The van der Waals surface area contributed by atoms with Gasteiger partial charge in [0.1, 0.15) is 0 Å². The van der Waals surface area contributed by atoms with Crippen LogP contribution in [0.25, 0.3) is 10.8 Å². The van der Waals surface area contributed by atoms with Gasteiger partial charge in [-0.05, 0) is 41.1 Å². The molecule has 4 nitrogen and oxygen atoms in total. The summed E-state index contributed by atoms with van der Waals surface area (Å²) in [6, 6.07) is 14.5.